The molecule has 0 amide bonds. The van der Waals surface area contributed by atoms with E-state index < -0.39 is 6.80 Å². The molecule has 6 atom stereocenters. The fourth-order valence-electron chi connectivity index (χ4n) is 2.76. The van der Waals surface area contributed by atoms with Gasteiger partial charge in [0.05, 0.1) is 24.9 Å². The first-order chi connectivity index (χ1) is 11.0. The van der Waals surface area contributed by atoms with Gasteiger partial charge in [-0.05, 0) is 37.1 Å². The van der Waals surface area contributed by atoms with Crippen LogP contribution in [0.5, 0.6) is 0 Å². The van der Waals surface area contributed by atoms with Gasteiger partial charge < -0.3 is 22.9 Å². The van der Waals surface area contributed by atoms with Crippen molar-refractivity contribution < 1.29 is 32.0 Å². The molecule has 0 spiro atoms. The number of rotatable bonds is 9. The third-order valence-corrected chi connectivity index (χ3v) is 7.98. The molecule has 3 unspecified atom stereocenters. The van der Waals surface area contributed by atoms with Gasteiger partial charge in [-0.25, -0.2) is 4.57 Å². The van der Waals surface area contributed by atoms with Crippen LogP contribution >= 0.6 is 31.1 Å². The molecule has 0 bridgehead atoms. The summed E-state index contributed by atoms with van der Waals surface area (Å²) < 4.78 is 45.3. The second-order valence-corrected chi connectivity index (χ2v) is 9.99. The molecule has 0 N–H and O–H groups in total. The molecule has 2 heterocycles. The van der Waals surface area contributed by atoms with E-state index in [1.165, 1.54) is 7.11 Å². The number of methoxy groups -OCH3 is 1. The van der Waals surface area contributed by atoms with Gasteiger partial charge in [-0.1, -0.05) is 0 Å². The molecule has 2 aliphatic rings. The van der Waals surface area contributed by atoms with Crippen LogP contribution in [0.3, 0.4) is 0 Å². The van der Waals surface area contributed by atoms with E-state index in [-0.39, 0.29) is 37.0 Å². The summed E-state index contributed by atoms with van der Waals surface area (Å²) in [4.78, 5) is 0. The summed E-state index contributed by atoms with van der Waals surface area (Å²) >= 11 is 4.89. The van der Waals surface area contributed by atoms with Gasteiger partial charge >= 0.3 is 6.80 Å². The van der Waals surface area contributed by atoms with Gasteiger partial charge in [0.25, 0.3) is 0 Å². The summed E-state index contributed by atoms with van der Waals surface area (Å²) in [5.41, 5.74) is 0. The SMILES string of the molecule is B[C@H]1CC(OP(=O)(OC)SC[C@H]2OCCC2OC)[C@@H](COS)O1. The largest absolute Gasteiger partial charge is 0.389 e. The summed E-state index contributed by atoms with van der Waals surface area (Å²) in [5, 5.41) is 0. The average molecular weight is 386 g/mol. The number of hydrogen-bond acceptors (Lipinski definition) is 9. The Morgan fingerprint density at radius 1 is 1.35 bits per heavy atom. The molecule has 0 saturated carbocycles. The summed E-state index contributed by atoms with van der Waals surface area (Å²) in [6.45, 7) is -2.39. The van der Waals surface area contributed by atoms with Crippen molar-refractivity contribution >= 4 is 38.9 Å². The molecular formula is C12H24BO7PS2. The van der Waals surface area contributed by atoms with Crippen molar-refractivity contribution in [2.45, 2.75) is 43.3 Å². The zero-order chi connectivity index (χ0) is 16.9. The van der Waals surface area contributed by atoms with E-state index in [4.69, 9.17) is 27.4 Å². The molecule has 0 aromatic heterocycles. The molecule has 7 nitrogen and oxygen atoms in total. The first-order valence-corrected chi connectivity index (χ1v) is 11.1. The standard InChI is InChI=1S/C12H24BO7PS2/c1-15-8-3-4-17-11(8)7-23-21(14,16-2)20-9-5-12(13)19-10(9)6-18-22/h8-12,22H,3-7,13H2,1-2H3/t8?,9?,10-,11-,12-,21?/m1/s1. The van der Waals surface area contributed by atoms with Gasteiger partial charge in [-0.15, -0.1) is 0 Å². The third kappa shape index (κ3) is 5.62. The highest BCUT2D eigenvalue weighted by atomic mass is 32.7. The van der Waals surface area contributed by atoms with E-state index in [1.54, 1.807) is 7.11 Å². The van der Waals surface area contributed by atoms with Crippen LogP contribution in [-0.2, 0) is 32.0 Å². The van der Waals surface area contributed by atoms with E-state index in [0.29, 0.717) is 18.8 Å². The van der Waals surface area contributed by atoms with Gasteiger partial charge in [-0.3, -0.25) is 4.52 Å². The van der Waals surface area contributed by atoms with Crippen LogP contribution in [-0.4, -0.2) is 71.5 Å². The minimum absolute atomic E-state index is 0.0137. The van der Waals surface area contributed by atoms with E-state index in [1.807, 2.05) is 7.85 Å². The lowest BCUT2D eigenvalue weighted by Crippen LogP contribution is -2.28. The fourth-order valence-corrected chi connectivity index (χ4v) is 6.17. The lowest BCUT2D eigenvalue weighted by Gasteiger charge is -2.24. The molecule has 0 aliphatic carbocycles. The Hall–Kier alpha value is 0.755. The van der Waals surface area contributed by atoms with Gasteiger partial charge in [0.15, 0.2) is 0 Å². The zero-order valence-corrected chi connectivity index (χ0v) is 16.2. The predicted octanol–water partition coefficient (Wildman–Crippen LogP) is 1.27. The minimum Gasteiger partial charge on any atom is -0.379 e. The van der Waals surface area contributed by atoms with Crippen molar-refractivity contribution in [1.29, 1.82) is 0 Å². The van der Waals surface area contributed by atoms with E-state index in [0.717, 1.165) is 17.8 Å². The van der Waals surface area contributed by atoms with Crippen LogP contribution in [0.25, 0.3) is 0 Å². The predicted molar refractivity (Wildman–Crippen MR) is 93.9 cm³/mol. The van der Waals surface area contributed by atoms with Gasteiger partial charge in [0, 0.05) is 32.6 Å². The molecule has 23 heavy (non-hydrogen) atoms. The van der Waals surface area contributed by atoms with Crippen LogP contribution in [0.1, 0.15) is 12.8 Å². The lowest BCUT2D eigenvalue weighted by molar-refractivity contribution is 0.0135. The molecular weight excluding hydrogens is 362 g/mol. The van der Waals surface area contributed by atoms with Crippen LogP contribution in [0.2, 0.25) is 0 Å². The van der Waals surface area contributed by atoms with Crippen molar-refractivity contribution in [2.24, 2.45) is 0 Å². The summed E-state index contributed by atoms with van der Waals surface area (Å²) in [7, 11) is 4.98. The Morgan fingerprint density at radius 2 is 2.13 bits per heavy atom. The van der Waals surface area contributed by atoms with Gasteiger partial charge in [-0.2, -0.15) is 0 Å². The van der Waals surface area contributed by atoms with Crippen molar-refractivity contribution in [1.82, 2.24) is 0 Å². The Kier molecular flexibility index (Phi) is 8.25. The van der Waals surface area contributed by atoms with Crippen molar-refractivity contribution in [3.63, 3.8) is 0 Å². The van der Waals surface area contributed by atoms with E-state index >= 15 is 0 Å². The molecule has 0 aromatic carbocycles. The Morgan fingerprint density at radius 3 is 2.78 bits per heavy atom. The highest BCUT2D eigenvalue weighted by Crippen LogP contribution is 2.62. The van der Waals surface area contributed by atoms with Crippen molar-refractivity contribution in [3.05, 3.63) is 0 Å². The maximum Gasteiger partial charge on any atom is 0.389 e. The van der Waals surface area contributed by atoms with Crippen molar-refractivity contribution in [3.8, 4) is 0 Å². The Labute approximate surface area is 147 Å². The number of thiol groups is 1. The number of ether oxygens (including phenoxy) is 3. The van der Waals surface area contributed by atoms with Crippen LogP contribution in [0.4, 0.5) is 0 Å². The van der Waals surface area contributed by atoms with Crippen molar-refractivity contribution in [2.75, 3.05) is 33.2 Å². The Balaban J connectivity index is 1.90. The Bertz CT molecular complexity index is 419. The van der Waals surface area contributed by atoms with Gasteiger partial charge in [0.2, 0.25) is 0 Å². The summed E-state index contributed by atoms with van der Waals surface area (Å²) in [6.07, 6.45) is 0.741. The highest BCUT2D eigenvalue weighted by Gasteiger charge is 2.41. The maximum absolute atomic E-state index is 12.9. The first-order valence-electron chi connectivity index (χ1n) is 7.56. The smallest absolute Gasteiger partial charge is 0.379 e. The average Bonchev–Trinajstić information content (AvgIpc) is 3.12. The molecule has 2 aliphatic heterocycles. The van der Waals surface area contributed by atoms with Crippen LogP contribution in [0, 0.1) is 0 Å². The molecule has 134 valence electrons. The maximum atomic E-state index is 12.9. The number of hydrogen-bond donors (Lipinski definition) is 1. The second kappa shape index (κ2) is 9.45. The topological polar surface area (TPSA) is 72.5 Å². The highest BCUT2D eigenvalue weighted by molar-refractivity contribution is 8.55. The van der Waals surface area contributed by atoms with E-state index in [9.17, 15) is 4.57 Å². The summed E-state index contributed by atoms with van der Waals surface area (Å²) in [6, 6.07) is 0.0137. The third-order valence-electron chi connectivity index (χ3n) is 3.96. The summed E-state index contributed by atoms with van der Waals surface area (Å²) in [5.74, 6) is 0.487. The molecule has 2 rings (SSSR count). The quantitative estimate of drug-likeness (QED) is 0.275. The van der Waals surface area contributed by atoms with Crippen LogP contribution in [0.15, 0.2) is 0 Å². The van der Waals surface area contributed by atoms with Crippen LogP contribution < -0.4 is 0 Å². The molecule has 2 fully saturated rings. The van der Waals surface area contributed by atoms with Gasteiger partial charge in [0.1, 0.15) is 14.0 Å². The molecule has 11 heteroatoms. The second-order valence-electron chi connectivity index (χ2n) is 5.56. The van der Waals surface area contributed by atoms with E-state index in [2.05, 4.69) is 12.9 Å². The molecule has 0 aromatic rings. The fraction of sp³-hybridized carbons (Fsp3) is 1.00. The minimum atomic E-state index is -3.31. The monoisotopic (exact) mass is 386 g/mol. The molecule has 0 radical (unpaired) electrons. The normalized spacial score (nSPS) is 37.1. The first kappa shape index (κ1) is 20.1. The zero-order valence-electron chi connectivity index (χ0n) is 13.6. The lowest BCUT2D eigenvalue weighted by atomic mass is 9.96. The molecule has 2 saturated heterocycles.